The van der Waals surface area contributed by atoms with Crippen molar-refractivity contribution in [2.75, 3.05) is 17.2 Å². The van der Waals surface area contributed by atoms with E-state index in [1.54, 1.807) is 0 Å². The van der Waals surface area contributed by atoms with Crippen LogP contribution in [0.2, 0.25) is 0 Å². The maximum atomic E-state index is 13.1. The smallest absolute Gasteiger partial charge is 0.276 e. The maximum Gasteiger partial charge on any atom is 0.276 e. The third kappa shape index (κ3) is 4.83. The molecule has 1 aromatic rings. The highest BCUT2D eigenvalue weighted by molar-refractivity contribution is 6.76. The Kier molecular flexibility index (Phi) is 5.37. The molecule has 4 N–H and O–H groups in total. The van der Waals surface area contributed by atoms with Gasteiger partial charge in [-0.1, -0.05) is 34.8 Å². The molecule has 1 aromatic carbocycles. The molecule has 0 fully saturated rings. The van der Waals surface area contributed by atoms with Crippen LogP contribution in [0, 0.1) is 5.82 Å². The van der Waals surface area contributed by atoms with Gasteiger partial charge in [0.05, 0.1) is 17.9 Å². The van der Waals surface area contributed by atoms with Crippen molar-refractivity contribution in [3.63, 3.8) is 0 Å². The number of amides is 2. The van der Waals surface area contributed by atoms with Crippen LogP contribution in [0.1, 0.15) is 0 Å². The zero-order chi connectivity index (χ0) is 14.6. The highest BCUT2D eigenvalue weighted by Crippen LogP contribution is 2.30. The van der Waals surface area contributed by atoms with Gasteiger partial charge >= 0.3 is 0 Å². The molecule has 0 aliphatic carbocycles. The molecule has 0 spiro atoms. The quantitative estimate of drug-likeness (QED) is 0.742. The van der Waals surface area contributed by atoms with Crippen LogP contribution in [-0.2, 0) is 9.59 Å². The fraction of sp³-hybridized carbons (Fsp3) is 0.200. The highest BCUT2D eigenvalue weighted by atomic mass is 35.6. The molecule has 0 heterocycles. The molecular weight excluding hydrogens is 319 g/mol. The largest absolute Gasteiger partial charge is 0.323 e. The normalized spacial score (nSPS) is 11.0. The first-order valence-corrected chi connectivity index (χ1v) is 6.05. The van der Waals surface area contributed by atoms with Crippen molar-refractivity contribution in [2.24, 2.45) is 5.73 Å². The summed E-state index contributed by atoms with van der Waals surface area (Å²) < 4.78 is 10.9. The zero-order valence-electron chi connectivity index (χ0n) is 9.34. The third-order valence-electron chi connectivity index (χ3n) is 1.95. The lowest BCUT2D eigenvalue weighted by molar-refractivity contribution is -0.116. The number of rotatable bonds is 3. The molecule has 0 atom stereocenters. The Morgan fingerprint density at radius 1 is 1.21 bits per heavy atom. The third-order valence-corrected chi connectivity index (χ3v) is 2.46. The van der Waals surface area contributed by atoms with E-state index in [1.165, 1.54) is 6.07 Å². The summed E-state index contributed by atoms with van der Waals surface area (Å²) in [7, 11) is 0. The van der Waals surface area contributed by atoms with E-state index in [1.807, 2.05) is 0 Å². The number of nitrogens with one attached hydrogen (secondary N) is 2. The minimum Gasteiger partial charge on any atom is -0.323 e. The Balaban J connectivity index is 3.00. The van der Waals surface area contributed by atoms with Crippen LogP contribution in [0.3, 0.4) is 0 Å². The van der Waals surface area contributed by atoms with Gasteiger partial charge in [0.15, 0.2) is 0 Å². The molecule has 5 nitrogen and oxygen atoms in total. The number of carbonyl (C=O) groups excluding carboxylic acids is 2. The summed E-state index contributed by atoms with van der Waals surface area (Å²) >= 11 is 16.2. The minimum absolute atomic E-state index is 0.0121. The first kappa shape index (κ1) is 16.0. The lowest BCUT2D eigenvalue weighted by Gasteiger charge is -2.15. The summed E-state index contributed by atoms with van der Waals surface area (Å²) in [6.45, 7) is -0.297. The van der Waals surface area contributed by atoms with Gasteiger partial charge in [0.2, 0.25) is 5.91 Å². The molecular formula is C10H9Cl3FN3O2. The Hall–Kier alpha value is -1.08. The molecule has 0 unspecified atom stereocenters. The van der Waals surface area contributed by atoms with Crippen LogP contribution in [0.4, 0.5) is 15.8 Å². The van der Waals surface area contributed by atoms with Crippen molar-refractivity contribution >= 4 is 58.0 Å². The zero-order valence-corrected chi connectivity index (χ0v) is 11.6. The minimum atomic E-state index is -2.18. The van der Waals surface area contributed by atoms with E-state index in [0.29, 0.717) is 0 Å². The van der Waals surface area contributed by atoms with E-state index in [2.05, 4.69) is 10.6 Å². The number of benzene rings is 1. The molecule has 0 radical (unpaired) electrons. The molecule has 1 rings (SSSR count). The predicted octanol–water partition coefficient (Wildman–Crippen LogP) is 2.03. The molecule has 9 heteroatoms. The van der Waals surface area contributed by atoms with Crippen LogP contribution in [-0.4, -0.2) is 22.2 Å². The van der Waals surface area contributed by atoms with Crippen molar-refractivity contribution in [3.8, 4) is 0 Å². The van der Waals surface area contributed by atoms with Gasteiger partial charge in [0, 0.05) is 0 Å². The first-order chi connectivity index (χ1) is 8.74. The lowest BCUT2D eigenvalue weighted by Crippen LogP contribution is -2.28. The molecule has 0 bridgehead atoms. The average Bonchev–Trinajstić information content (AvgIpc) is 2.31. The van der Waals surface area contributed by atoms with Crippen LogP contribution in [0.15, 0.2) is 18.2 Å². The van der Waals surface area contributed by atoms with E-state index < -0.39 is 21.4 Å². The van der Waals surface area contributed by atoms with Gasteiger partial charge in [-0.3, -0.25) is 9.59 Å². The Morgan fingerprint density at radius 2 is 1.84 bits per heavy atom. The number of nitrogens with two attached hydrogens (primary N) is 1. The van der Waals surface area contributed by atoms with E-state index in [9.17, 15) is 14.0 Å². The number of alkyl halides is 3. The van der Waals surface area contributed by atoms with Crippen LogP contribution >= 0.6 is 34.8 Å². The van der Waals surface area contributed by atoms with Crippen LogP contribution in [0.5, 0.6) is 0 Å². The predicted molar refractivity (Wildman–Crippen MR) is 73.0 cm³/mol. The van der Waals surface area contributed by atoms with Crippen molar-refractivity contribution in [3.05, 3.63) is 24.0 Å². The second kappa shape index (κ2) is 6.38. The topological polar surface area (TPSA) is 84.2 Å². The molecule has 0 aromatic heterocycles. The van der Waals surface area contributed by atoms with Crippen molar-refractivity contribution in [1.29, 1.82) is 0 Å². The van der Waals surface area contributed by atoms with Gasteiger partial charge in [0.1, 0.15) is 5.82 Å². The molecule has 0 aliphatic heterocycles. The lowest BCUT2D eigenvalue weighted by atomic mass is 10.2. The molecule has 0 saturated carbocycles. The first-order valence-electron chi connectivity index (χ1n) is 4.91. The molecule has 0 saturated heterocycles. The fourth-order valence-electron chi connectivity index (χ4n) is 1.12. The van der Waals surface area contributed by atoms with E-state index in [0.717, 1.165) is 12.1 Å². The summed E-state index contributed by atoms with van der Waals surface area (Å²) in [5.74, 6) is -2.11. The monoisotopic (exact) mass is 327 g/mol. The summed E-state index contributed by atoms with van der Waals surface area (Å²) in [6, 6.07) is 3.30. The number of hydrogen-bond acceptors (Lipinski definition) is 3. The van der Waals surface area contributed by atoms with Crippen molar-refractivity contribution in [1.82, 2.24) is 0 Å². The molecule has 0 aliphatic rings. The van der Waals surface area contributed by atoms with Gasteiger partial charge in [-0.05, 0) is 18.2 Å². The maximum absolute atomic E-state index is 13.1. The SMILES string of the molecule is NCC(=O)Nc1cc(F)ccc1NC(=O)C(Cl)(Cl)Cl. The second-order valence-electron chi connectivity index (χ2n) is 3.39. The number of anilines is 2. The Bertz CT molecular complexity index is 505. The molecule has 19 heavy (non-hydrogen) atoms. The Labute approximate surface area is 123 Å². The van der Waals surface area contributed by atoms with Gasteiger partial charge in [0.25, 0.3) is 9.70 Å². The second-order valence-corrected chi connectivity index (χ2v) is 5.68. The fourth-order valence-corrected chi connectivity index (χ4v) is 1.27. The highest BCUT2D eigenvalue weighted by Gasteiger charge is 2.31. The summed E-state index contributed by atoms with van der Waals surface area (Å²) in [5, 5.41) is 4.56. The molecule has 104 valence electrons. The summed E-state index contributed by atoms with van der Waals surface area (Å²) in [5.41, 5.74) is 5.22. The van der Waals surface area contributed by atoms with Gasteiger partial charge in [-0.15, -0.1) is 0 Å². The van der Waals surface area contributed by atoms with Crippen LogP contribution in [0.25, 0.3) is 0 Å². The van der Waals surface area contributed by atoms with Crippen molar-refractivity contribution in [2.45, 2.75) is 3.79 Å². The summed E-state index contributed by atoms with van der Waals surface area (Å²) in [4.78, 5) is 22.7. The average molecular weight is 329 g/mol. The van der Waals surface area contributed by atoms with E-state index >= 15 is 0 Å². The van der Waals surface area contributed by atoms with Crippen molar-refractivity contribution < 1.29 is 14.0 Å². The standard InChI is InChI=1S/C10H9Cl3FN3O2/c11-10(12,13)9(19)17-6-2-1-5(14)3-7(6)16-8(18)4-15/h1-3H,4,15H2,(H,16,18)(H,17,19). The summed E-state index contributed by atoms with van der Waals surface area (Å²) in [6.07, 6.45) is 0. The van der Waals surface area contributed by atoms with Crippen LogP contribution < -0.4 is 16.4 Å². The van der Waals surface area contributed by atoms with Gasteiger partial charge in [-0.25, -0.2) is 4.39 Å². The van der Waals surface area contributed by atoms with Gasteiger partial charge in [-0.2, -0.15) is 0 Å². The van der Waals surface area contributed by atoms with E-state index in [4.69, 9.17) is 40.5 Å². The number of halogens is 4. The van der Waals surface area contributed by atoms with Gasteiger partial charge < -0.3 is 16.4 Å². The Morgan fingerprint density at radius 3 is 2.37 bits per heavy atom. The number of hydrogen-bond donors (Lipinski definition) is 3. The van der Waals surface area contributed by atoms with E-state index in [-0.39, 0.29) is 17.9 Å². The number of carbonyl (C=O) groups is 2. The molecule has 2 amide bonds.